The molecule has 2 fully saturated rings. The molecule has 1 aliphatic carbocycles. The second-order valence-electron chi connectivity index (χ2n) is 8.71. The van der Waals surface area contributed by atoms with Gasteiger partial charge in [-0.2, -0.15) is 13.2 Å². The van der Waals surface area contributed by atoms with Gasteiger partial charge in [-0.3, -0.25) is 14.4 Å². The lowest BCUT2D eigenvalue weighted by Gasteiger charge is -2.38. The first-order valence-electron chi connectivity index (χ1n) is 11.4. The number of carbonyl (C=O) groups excluding carboxylic acids is 3. The quantitative estimate of drug-likeness (QED) is 0.605. The van der Waals surface area contributed by atoms with Crippen molar-refractivity contribution in [3.63, 3.8) is 0 Å². The van der Waals surface area contributed by atoms with Crippen LogP contribution in [0.3, 0.4) is 0 Å². The van der Waals surface area contributed by atoms with Crippen LogP contribution in [0.15, 0.2) is 36.5 Å². The van der Waals surface area contributed by atoms with Gasteiger partial charge in [0.2, 0.25) is 11.8 Å². The van der Waals surface area contributed by atoms with E-state index in [1.54, 1.807) is 4.90 Å². The summed E-state index contributed by atoms with van der Waals surface area (Å²) in [7, 11) is 0. The molecule has 1 aliphatic heterocycles. The van der Waals surface area contributed by atoms with Crippen molar-refractivity contribution in [3.05, 3.63) is 52.7 Å². The zero-order valence-electron chi connectivity index (χ0n) is 19.1. The van der Waals surface area contributed by atoms with E-state index in [1.807, 2.05) is 0 Å². The highest BCUT2D eigenvalue weighted by molar-refractivity contribution is 6.30. The molecule has 4 rings (SSSR count). The van der Waals surface area contributed by atoms with E-state index in [2.05, 4.69) is 15.6 Å². The summed E-state index contributed by atoms with van der Waals surface area (Å²) in [6, 6.07) is 5.50. The lowest BCUT2D eigenvalue weighted by atomic mass is 9.84. The van der Waals surface area contributed by atoms with E-state index in [0.29, 0.717) is 43.9 Å². The van der Waals surface area contributed by atoms with Gasteiger partial charge in [0.15, 0.2) is 0 Å². The van der Waals surface area contributed by atoms with Crippen LogP contribution in [-0.2, 0) is 20.5 Å². The van der Waals surface area contributed by atoms with Gasteiger partial charge in [0.05, 0.1) is 28.4 Å². The zero-order valence-corrected chi connectivity index (χ0v) is 19.9. The van der Waals surface area contributed by atoms with Gasteiger partial charge in [0.25, 0.3) is 5.91 Å². The van der Waals surface area contributed by atoms with Crippen molar-refractivity contribution in [2.45, 2.75) is 37.9 Å². The predicted octanol–water partition coefficient (Wildman–Crippen LogP) is 4.36. The molecule has 0 unspecified atom stereocenters. The Morgan fingerprint density at radius 2 is 1.83 bits per heavy atom. The van der Waals surface area contributed by atoms with Gasteiger partial charge >= 0.3 is 6.18 Å². The number of nitrogens with zero attached hydrogens (tertiary/aromatic N) is 2. The predicted molar refractivity (Wildman–Crippen MR) is 126 cm³/mol. The number of hydrogen-bond acceptors (Lipinski definition) is 5. The van der Waals surface area contributed by atoms with Gasteiger partial charge in [-0.15, -0.1) is 0 Å². The number of halogens is 4. The summed E-state index contributed by atoms with van der Waals surface area (Å²) in [5, 5.41) is 5.37. The molecule has 36 heavy (non-hydrogen) atoms. The Hall–Kier alpha value is -3.18. The maximum atomic E-state index is 13.4. The normalized spacial score (nSPS) is 20.7. The van der Waals surface area contributed by atoms with Crippen LogP contribution in [-0.4, -0.2) is 53.4 Å². The van der Waals surface area contributed by atoms with E-state index in [-0.39, 0.29) is 35.6 Å². The summed E-state index contributed by atoms with van der Waals surface area (Å²) >= 11 is 5.79. The van der Waals surface area contributed by atoms with E-state index >= 15 is 0 Å². The number of carbonyl (C=O) groups is 3. The van der Waals surface area contributed by atoms with Crippen molar-refractivity contribution in [2.24, 2.45) is 5.92 Å². The average molecular weight is 525 g/mol. The molecule has 3 amide bonds. The molecular formula is C24H24ClF3N4O4. The van der Waals surface area contributed by atoms with Crippen molar-refractivity contribution < 1.29 is 32.3 Å². The van der Waals surface area contributed by atoms with Crippen LogP contribution < -0.4 is 10.6 Å². The molecule has 192 valence electrons. The number of hydrogen-bond donors (Lipinski definition) is 2. The summed E-state index contributed by atoms with van der Waals surface area (Å²) in [4.78, 5) is 43.6. The van der Waals surface area contributed by atoms with Crippen molar-refractivity contribution in [1.29, 1.82) is 0 Å². The number of morpholine rings is 1. The standard InChI is InChI=1S/C24H24ClF3N4O4/c25-16-4-8-20(29-12-16)31-23(35)18-7-3-15(24(26,27)28)11-19(18)30-22(34)14-1-5-17(6-2-14)32-9-10-36-13-21(32)33/h3-4,7-8,11-12,14,17H,1-2,5-6,9-10,13H2,(H,30,34)(H,29,31,35)/t14-,17-. The van der Waals surface area contributed by atoms with Crippen LogP contribution in [0, 0.1) is 5.92 Å². The van der Waals surface area contributed by atoms with Gasteiger partial charge in [0.1, 0.15) is 12.4 Å². The monoisotopic (exact) mass is 524 g/mol. The third-order valence-corrected chi connectivity index (χ3v) is 6.57. The Balaban J connectivity index is 1.47. The van der Waals surface area contributed by atoms with Crippen LogP contribution in [0.25, 0.3) is 0 Å². The topological polar surface area (TPSA) is 101 Å². The molecule has 2 heterocycles. The Morgan fingerprint density at radius 3 is 2.47 bits per heavy atom. The summed E-state index contributed by atoms with van der Waals surface area (Å²) in [6.45, 7) is 1.02. The maximum absolute atomic E-state index is 13.4. The Labute approximate surface area is 210 Å². The molecule has 0 radical (unpaired) electrons. The summed E-state index contributed by atoms with van der Waals surface area (Å²) in [6.07, 6.45) is -1.21. The largest absolute Gasteiger partial charge is 0.416 e. The molecule has 2 N–H and O–H groups in total. The number of benzene rings is 1. The molecule has 2 aromatic rings. The molecule has 0 atom stereocenters. The van der Waals surface area contributed by atoms with Gasteiger partial charge in [0, 0.05) is 24.7 Å². The number of anilines is 2. The number of amides is 3. The number of alkyl halides is 3. The van der Waals surface area contributed by atoms with Crippen LogP contribution in [0.1, 0.15) is 41.6 Å². The Bertz CT molecular complexity index is 1140. The van der Waals surface area contributed by atoms with Crippen molar-refractivity contribution in [1.82, 2.24) is 9.88 Å². The first kappa shape index (κ1) is 25.9. The fraction of sp³-hybridized carbons (Fsp3) is 0.417. The van der Waals surface area contributed by atoms with E-state index in [0.717, 1.165) is 18.2 Å². The van der Waals surface area contributed by atoms with Crippen LogP contribution in [0.5, 0.6) is 0 Å². The van der Waals surface area contributed by atoms with Crippen LogP contribution >= 0.6 is 11.6 Å². The fourth-order valence-corrected chi connectivity index (χ4v) is 4.57. The lowest BCUT2D eigenvalue weighted by Crippen LogP contribution is -2.49. The van der Waals surface area contributed by atoms with Gasteiger partial charge in [-0.25, -0.2) is 4.98 Å². The van der Waals surface area contributed by atoms with E-state index < -0.39 is 29.5 Å². The summed E-state index contributed by atoms with van der Waals surface area (Å²) in [5.74, 6) is -1.59. The fourth-order valence-electron chi connectivity index (χ4n) is 4.46. The zero-order chi connectivity index (χ0) is 25.9. The Kier molecular flexibility index (Phi) is 7.79. The molecule has 1 aromatic carbocycles. The van der Waals surface area contributed by atoms with Crippen molar-refractivity contribution in [2.75, 3.05) is 30.4 Å². The highest BCUT2D eigenvalue weighted by atomic mass is 35.5. The van der Waals surface area contributed by atoms with E-state index in [4.69, 9.17) is 16.3 Å². The molecule has 12 heteroatoms. The molecule has 2 aliphatic rings. The molecule has 0 bridgehead atoms. The number of nitrogens with one attached hydrogen (secondary N) is 2. The molecule has 1 aromatic heterocycles. The van der Waals surface area contributed by atoms with Crippen molar-refractivity contribution >= 4 is 40.8 Å². The Morgan fingerprint density at radius 1 is 1.08 bits per heavy atom. The molecule has 0 spiro atoms. The van der Waals surface area contributed by atoms with E-state index in [9.17, 15) is 27.6 Å². The number of rotatable bonds is 5. The molecular weight excluding hydrogens is 501 g/mol. The minimum Gasteiger partial charge on any atom is -0.370 e. The number of ether oxygens (including phenoxy) is 1. The first-order chi connectivity index (χ1) is 17.1. The minimum atomic E-state index is -4.66. The van der Waals surface area contributed by atoms with Crippen LogP contribution in [0.4, 0.5) is 24.7 Å². The third kappa shape index (κ3) is 6.14. The van der Waals surface area contributed by atoms with Crippen molar-refractivity contribution in [3.8, 4) is 0 Å². The molecule has 1 saturated carbocycles. The minimum absolute atomic E-state index is 0.00669. The molecule has 1 saturated heterocycles. The third-order valence-electron chi connectivity index (χ3n) is 6.35. The first-order valence-corrected chi connectivity index (χ1v) is 11.8. The summed E-state index contributed by atoms with van der Waals surface area (Å²) < 4.78 is 45.2. The average Bonchev–Trinajstić information content (AvgIpc) is 2.85. The second kappa shape index (κ2) is 10.8. The highest BCUT2D eigenvalue weighted by Gasteiger charge is 2.34. The number of aromatic nitrogens is 1. The smallest absolute Gasteiger partial charge is 0.370 e. The molecule has 8 nitrogen and oxygen atoms in total. The SMILES string of the molecule is O=C(Nc1ccc(Cl)cn1)c1ccc(C(F)(F)F)cc1NC(=O)[C@H]1CC[C@H](N2CCOCC2=O)CC1. The highest BCUT2D eigenvalue weighted by Crippen LogP contribution is 2.34. The van der Waals surface area contributed by atoms with Crippen LogP contribution in [0.2, 0.25) is 5.02 Å². The maximum Gasteiger partial charge on any atom is 0.416 e. The second-order valence-corrected chi connectivity index (χ2v) is 9.14. The van der Waals surface area contributed by atoms with Gasteiger partial charge < -0.3 is 20.3 Å². The van der Waals surface area contributed by atoms with E-state index in [1.165, 1.54) is 18.3 Å². The summed E-state index contributed by atoms with van der Waals surface area (Å²) in [5.41, 5.74) is -1.37. The van der Waals surface area contributed by atoms with Gasteiger partial charge in [-0.1, -0.05) is 11.6 Å². The number of pyridine rings is 1. The lowest BCUT2D eigenvalue weighted by molar-refractivity contribution is -0.146. The van der Waals surface area contributed by atoms with Gasteiger partial charge in [-0.05, 0) is 56.0 Å².